The Hall–Kier alpha value is -3.34. The smallest absolute Gasteiger partial charge is 0.337 e. The molecule has 0 aromatic heterocycles. The Kier molecular flexibility index (Phi) is 4.95. The minimum absolute atomic E-state index is 0.346. The Balaban J connectivity index is 1.70. The zero-order valence-electron chi connectivity index (χ0n) is 13.8. The number of fused-ring (bicyclic) bond motifs is 1. The number of hydrazone groups is 1. The highest BCUT2D eigenvalue weighted by Gasteiger charge is 2.05. The quantitative estimate of drug-likeness (QED) is 0.335. The molecule has 0 saturated carbocycles. The van der Waals surface area contributed by atoms with Gasteiger partial charge in [-0.05, 0) is 52.2 Å². The van der Waals surface area contributed by atoms with Crippen molar-refractivity contribution in [3.63, 3.8) is 0 Å². The Morgan fingerprint density at radius 3 is 2.48 bits per heavy atom. The summed E-state index contributed by atoms with van der Waals surface area (Å²) < 4.78 is 10.5. The molecular weight excluding hydrogens is 316 g/mol. The normalized spacial score (nSPS) is 10.9. The highest BCUT2D eigenvalue weighted by atomic mass is 16.5. The van der Waals surface area contributed by atoms with Crippen LogP contribution in [-0.4, -0.2) is 19.3 Å². The van der Waals surface area contributed by atoms with E-state index in [-0.39, 0.29) is 5.97 Å². The largest absolute Gasteiger partial charge is 0.489 e. The molecule has 0 fully saturated rings. The maximum Gasteiger partial charge on any atom is 0.337 e. The fourth-order valence-electron chi connectivity index (χ4n) is 2.52. The van der Waals surface area contributed by atoms with Gasteiger partial charge in [-0.15, -0.1) is 0 Å². The molecule has 0 atom stereocenters. The van der Waals surface area contributed by atoms with Crippen LogP contribution in [0.5, 0.6) is 5.75 Å². The van der Waals surface area contributed by atoms with Crippen LogP contribution in [0.15, 0.2) is 65.8 Å². The zero-order chi connectivity index (χ0) is 17.6. The maximum atomic E-state index is 11.4. The summed E-state index contributed by atoms with van der Waals surface area (Å²) >= 11 is 0. The molecule has 0 aliphatic carbocycles. The van der Waals surface area contributed by atoms with Gasteiger partial charge in [0.2, 0.25) is 0 Å². The van der Waals surface area contributed by atoms with Gasteiger partial charge in [0, 0.05) is 0 Å². The molecule has 0 spiro atoms. The number of hydrogen-bond acceptors (Lipinski definition) is 5. The molecule has 3 aromatic rings. The maximum absolute atomic E-state index is 11.4. The fourth-order valence-corrected chi connectivity index (χ4v) is 2.52. The molecule has 5 nitrogen and oxygen atoms in total. The summed E-state index contributed by atoms with van der Waals surface area (Å²) in [4.78, 5) is 11.4. The van der Waals surface area contributed by atoms with Gasteiger partial charge in [-0.2, -0.15) is 5.10 Å². The summed E-state index contributed by atoms with van der Waals surface area (Å²) in [6.45, 7) is 0.422. The van der Waals surface area contributed by atoms with Gasteiger partial charge in [0.05, 0.1) is 18.9 Å². The molecular formula is C20H18N2O3. The first-order valence-electron chi connectivity index (χ1n) is 7.77. The van der Waals surface area contributed by atoms with Crippen molar-refractivity contribution in [2.24, 2.45) is 10.9 Å². The lowest BCUT2D eigenvalue weighted by atomic mass is 10.1. The van der Waals surface area contributed by atoms with Crippen molar-refractivity contribution in [2.75, 3.05) is 7.11 Å². The van der Waals surface area contributed by atoms with Crippen LogP contribution in [0.25, 0.3) is 10.8 Å². The van der Waals surface area contributed by atoms with E-state index in [1.54, 1.807) is 18.3 Å². The minimum Gasteiger partial charge on any atom is -0.489 e. The second-order valence-corrected chi connectivity index (χ2v) is 5.52. The molecule has 5 heteroatoms. The van der Waals surface area contributed by atoms with Crippen molar-refractivity contribution in [1.82, 2.24) is 0 Å². The van der Waals surface area contributed by atoms with E-state index in [9.17, 15) is 4.79 Å². The topological polar surface area (TPSA) is 73.9 Å². The number of rotatable bonds is 5. The van der Waals surface area contributed by atoms with E-state index in [0.29, 0.717) is 12.2 Å². The first kappa shape index (κ1) is 16.5. The number of nitrogens with two attached hydrogens (primary N) is 1. The van der Waals surface area contributed by atoms with Gasteiger partial charge >= 0.3 is 5.97 Å². The molecule has 3 rings (SSSR count). The van der Waals surface area contributed by atoms with Crippen LogP contribution >= 0.6 is 0 Å². The Morgan fingerprint density at radius 2 is 1.76 bits per heavy atom. The van der Waals surface area contributed by atoms with Gasteiger partial charge in [0.1, 0.15) is 12.4 Å². The average Bonchev–Trinajstić information content (AvgIpc) is 2.66. The lowest BCUT2D eigenvalue weighted by Gasteiger charge is -2.08. The van der Waals surface area contributed by atoms with Gasteiger partial charge in [-0.1, -0.05) is 30.3 Å². The summed E-state index contributed by atoms with van der Waals surface area (Å²) in [5.74, 6) is 5.62. The molecule has 0 saturated heterocycles. The molecule has 0 unspecified atom stereocenters. The zero-order valence-corrected chi connectivity index (χ0v) is 13.8. The van der Waals surface area contributed by atoms with Crippen LogP contribution < -0.4 is 10.6 Å². The Labute approximate surface area is 145 Å². The molecule has 0 heterocycles. The van der Waals surface area contributed by atoms with Crippen LogP contribution in [-0.2, 0) is 11.3 Å². The Morgan fingerprint density at radius 1 is 1.04 bits per heavy atom. The standard InChI is InChI=1S/C20H18N2O3/c1-24-20(23)16-5-2-14(3-6-16)13-25-19-9-8-17-10-15(12-22-21)4-7-18(17)11-19/h2-12H,13,21H2,1H3/b22-12+. The third-order valence-corrected chi connectivity index (χ3v) is 3.84. The van der Waals surface area contributed by atoms with Crippen LogP contribution in [0.1, 0.15) is 21.5 Å². The van der Waals surface area contributed by atoms with Crippen LogP contribution in [0.2, 0.25) is 0 Å². The van der Waals surface area contributed by atoms with Crippen molar-refractivity contribution in [1.29, 1.82) is 0 Å². The second kappa shape index (κ2) is 7.49. The summed E-state index contributed by atoms with van der Waals surface area (Å²) in [6.07, 6.45) is 1.61. The summed E-state index contributed by atoms with van der Waals surface area (Å²) in [6, 6.07) is 19.0. The van der Waals surface area contributed by atoms with E-state index in [1.165, 1.54) is 7.11 Å². The monoisotopic (exact) mass is 334 g/mol. The number of hydrogen-bond donors (Lipinski definition) is 1. The molecule has 126 valence electrons. The fraction of sp³-hybridized carbons (Fsp3) is 0.100. The Bertz CT molecular complexity index is 918. The summed E-state index contributed by atoms with van der Waals surface area (Å²) in [5.41, 5.74) is 2.45. The van der Waals surface area contributed by atoms with E-state index in [0.717, 1.165) is 27.6 Å². The minimum atomic E-state index is -0.346. The molecule has 0 amide bonds. The first-order valence-corrected chi connectivity index (χ1v) is 7.77. The molecule has 0 bridgehead atoms. The number of carbonyl (C=O) groups excluding carboxylic acids is 1. The molecule has 25 heavy (non-hydrogen) atoms. The van der Waals surface area contributed by atoms with E-state index >= 15 is 0 Å². The van der Waals surface area contributed by atoms with E-state index in [4.69, 9.17) is 10.6 Å². The van der Waals surface area contributed by atoms with Gasteiger partial charge in [0.15, 0.2) is 0 Å². The predicted octanol–water partition coefficient (Wildman–Crippen LogP) is 3.50. The summed E-state index contributed by atoms with van der Waals surface area (Å²) in [5, 5.41) is 5.70. The number of benzene rings is 3. The van der Waals surface area contributed by atoms with Gasteiger partial charge in [-0.3, -0.25) is 0 Å². The molecule has 2 N–H and O–H groups in total. The van der Waals surface area contributed by atoms with Crippen molar-refractivity contribution < 1.29 is 14.3 Å². The SMILES string of the molecule is COC(=O)c1ccc(COc2ccc3cc(/C=N/N)ccc3c2)cc1. The van der Waals surface area contributed by atoms with E-state index in [2.05, 4.69) is 9.84 Å². The van der Waals surface area contributed by atoms with Gasteiger partial charge in [-0.25, -0.2) is 4.79 Å². The lowest BCUT2D eigenvalue weighted by Crippen LogP contribution is -2.02. The van der Waals surface area contributed by atoms with E-state index < -0.39 is 0 Å². The summed E-state index contributed by atoms with van der Waals surface area (Å²) in [7, 11) is 1.37. The number of esters is 1. The average molecular weight is 334 g/mol. The van der Waals surface area contributed by atoms with Crippen molar-refractivity contribution >= 4 is 23.0 Å². The number of nitrogens with zero attached hydrogens (tertiary/aromatic N) is 1. The second-order valence-electron chi connectivity index (χ2n) is 5.52. The molecule has 0 radical (unpaired) electrons. The number of ether oxygens (including phenoxy) is 2. The number of carbonyl (C=O) groups is 1. The predicted molar refractivity (Wildman–Crippen MR) is 97.8 cm³/mol. The lowest BCUT2D eigenvalue weighted by molar-refractivity contribution is 0.0600. The highest BCUT2D eigenvalue weighted by molar-refractivity contribution is 5.91. The van der Waals surface area contributed by atoms with Gasteiger partial charge < -0.3 is 15.3 Å². The third-order valence-electron chi connectivity index (χ3n) is 3.84. The molecule has 0 aliphatic rings. The third kappa shape index (κ3) is 3.95. The number of methoxy groups -OCH3 is 1. The van der Waals surface area contributed by atoms with Gasteiger partial charge in [0.25, 0.3) is 0 Å². The first-order chi connectivity index (χ1) is 12.2. The van der Waals surface area contributed by atoms with Crippen molar-refractivity contribution in [3.05, 3.63) is 77.4 Å². The van der Waals surface area contributed by atoms with Crippen molar-refractivity contribution in [2.45, 2.75) is 6.61 Å². The van der Waals surface area contributed by atoms with Crippen LogP contribution in [0, 0.1) is 0 Å². The highest BCUT2D eigenvalue weighted by Crippen LogP contribution is 2.22. The molecule has 0 aliphatic heterocycles. The van der Waals surface area contributed by atoms with E-state index in [1.807, 2.05) is 48.5 Å². The van der Waals surface area contributed by atoms with Crippen molar-refractivity contribution in [3.8, 4) is 5.75 Å². The van der Waals surface area contributed by atoms with Crippen LogP contribution in [0.4, 0.5) is 0 Å². The molecule has 3 aromatic carbocycles. The van der Waals surface area contributed by atoms with Crippen LogP contribution in [0.3, 0.4) is 0 Å².